The fraction of sp³-hybridized carbons (Fsp3) is 0. The van der Waals surface area contributed by atoms with E-state index in [4.69, 9.17) is 4.74 Å². The molecule has 0 unspecified atom stereocenters. The molecule has 112 valence electrons. The van der Waals surface area contributed by atoms with E-state index in [2.05, 4.69) is 63.7 Å². The molecule has 0 heterocycles. The van der Waals surface area contributed by atoms with Crippen LogP contribution in [0.4, 0.5) is 0 Å². The van der Waals surface area contributed by atoms with Crippen molar-refractivity contribution in [1.82, 2.24) is 0 Å². The molecule has 0 aliphatic carbocycles. The molecule has 2 rings (SSSR count). The van der Waals surface area contributed by atoms with Gasteiger partial charge in [-0.05, 0) is 63.7 Å². The Kier molecular flexibility index (Phi) is 4.96. The standard InChI is InChI=1S/C12H6Br4O5/c13-7-5(1-3(17)11(19)9(7)15)21-6-2-4(18)12(20)10(16)8(6)14/h1-2,17-20H. The first-order valence-electron chi connectivity index (χ1n) is 5.21. The average Bonchev–Trinajstić information content (AvgIpc) is 2.45. The molecule has 2 aromatic carbocycles. The van der Waals surface area contributed by atoms with Crippen LogP contribution in [0.1, 0.15) is 0 Å². The zero-order valence-electron chi connectivity index (χ0n) is 9.86. The van der Waals surface area contributed by atoms with E-state index in [1.54, 1.807) is 0 Å². The molecule has 0 aliphatic heterocycles. The Morgan fingerprint density at radius 1 is 0.619 bits per heavy atom. The van der Waals surface area contributed by atoms with Crippen molar-refractivity contribution in [3.8, 4) is 34.5 Å². The molecule has 9 heteroatoms. The highest BCUT2D eigenvalue weighted by atomic mass is 79.9. The summed E-state index contributed by atoms with van der Waals surface area (Å²) in [7, 11) is 0. The lowest BCUT2D eigenvalue weighted by Gasteiger charge is -2.14. The molecule has 0 aromatic heterocycles. The number of phenols is 4. The van der Waals surface area contributed by atoms with E-state index < -0.39 is 0 Å². The third kappa shape index (κ3) is 3.10. The lowest BCUT2D eigenvalue weighted by Crippen LogP contribution is -1.89. The highest BCUT2D eigenvalue weighted by Crippen LogP contribution is 2.49. The van der Waals surface area contributed by atoms with Crippen molar-refractivity contribution < 1.29 is 25.2 Å². The van der Waals surface area contributed by atoms with Crippen molar-refractivity contribution in [2.75, 3.05) is 0 Å². The normalized spacial score (nSPS) is 10.7. The molecule has 5 nitrogen and oxygen atoms in total. The van der Waals surface area contributed by atoms with Gasteiger partial charge in [0.25, 0.3) is 0 Å². The maximum absolute atomic E-state index is 9.61. The molecule has 0 saturated carbocycles. The molecule has 2 aromatic rings. The fourth-order valence-electron chi connectivity index (χ4n) is 1.43. The van der Waals surface area contributed by atoms with E-state index in [0.29, 0.717) is 8.95 Å². The maximum Gasteiger partial charge on any atom is 0.173 e. The highest BCUT2D eigenvalue weighted by Gasteiger charge is 2.19. The minimum absolute atomic E-state index is 0.190. The van der Waals surface area contributed by atoms with Crippen LogP contribution in [0.15, 0.2) is 30.0 Å². The number of benzene rings is 2. The molecule has 0 fully saturated rings. The van der Waals surface area contributed by atoms with E-state index in [1.807, 2.05) is 0 Å². The van der Waals surface area contributed by atoms with Crippen LogP contribution in [0.25, 0.3) is 0 Å². The van der Waals surface area contributed by atoms with E-state index in [0.717, 1.165) is 0 Å². The van der Waals surface area contributed by atoms with Crippen LogP contribution < -0.4 is 4.74 Å². The van der Waals surface area contributed by atoms with Crippen LogP contribution in [-0.4, -0.2) is 20.4 Å². The van der Waals surface area contributed by atoms with Crippen molar-refractivity contribution >= 4 is 63.7 Å². The van der Waals surface area contributed by atoms with Crippen molar-refractivity contribution in [3.63, 3.8) is 0 Å². The van der Waals surface area contributed by atoms with Gasteiger partial charge in [-0.25, -0.2) is 0 Å². The SMILES string of the molecule is Oc1cc(Oc2cc(O)c(O)c(Br)c2Br)c(Br)c(Br)c1O. The first kappa shape index (κ1) is 16.7. The average molecular weight is 550 g/mol. The van der Waals surface area contributed by atoms with Crippen molar-refractivity contribution in [3.05, 3.63) is 30.0 Å². The summed E-state index contributed by atoms with van der Waals surface area (Å²) >= 11 is 12.6. The quantitative estimate of drug-likeness (QED) is 0.379. The lowest BCUT2D eigenvalue weighted by atomic mass is 10.3. The van der Waals surface area contributed by atoms with E-state index in [-0.39, 0.29) is 43.4 Å². The summed E-state index contributed by atoms with van der Waals surface area (Å²) in [5.74, 6) is -1.03. The molecular formula is C12H6Br4O5. The molecule has 0 radical (unpaired) electrons. The minimum atomic E-state index is -0.377. The highest BCUT2D eigenvalue weighted by molar-refractivity contribution is 9.13. The lowest BCUT2D eigenvalue weighted by molar-refractivity contribution is 0.388. The van der Waals surface area contributed by atoms with E-state index in [1.165, 1.54) is 12.1 Å². The number of ether oxygens (including phenoxy) is 1. The van der Waals surface area contributed by atoms with Crippen LogP contribution >= 0.6 is 63.7 Å². The van der Waals surface area contributed by atoms with Crippen molar-refractivity contribution in [2.24, 2.45) is 0 Å². The topological polar surface area (TPSA) is 90.2 Å². The summed E-state index contributed by atoms with van der Waals surface area (Å²) in [6.45, 7) is 0. The van der Waals surface area contributed by atoms with Gasteiger partial charge in [-0.15, -0.1) is 0 Å². The first-order chi connectivity index (χ1) is 9.73. The van der Waals surface area contributed by atoms with Crippen LogP contribution in [0, 0.1) is 0 Å². The monoisotopic (exact) mass is 546 g/mol. The van der Waals surface area contributed by atoms with Gasteiger partial charge in [0.1, 0.15) is 11.5 Å². The zero-order chi connectivity index (χ0) is 15.9. The molecule has 4 N–H and O–H groups in total. The maximum atomic E-state index is 9.61. The number of aromatic hydroxyl groups is 4. The van der Waals surface area contributed by atoms with Gasteiger partial charge >= 0.3 is 0 Å². The van der Waals surface area contributed by atoms with Crippen LogP contribution in [0.2, 0.25) is 0 Å². The third-order valence-electron chi connectivity index (χ3n) is 2.47. The Bertz CT molecular complexity index is 671. The van der Waals surface area contributed by atoms with Crippen molar-refractivity contribution in [1.29, 1.82) is 0 Å². The van der Waals surface area contributed by atoms with Crippen LogP contribution in [-0.2, 0) is 0 Å². The fourth-order valence-corrected chi connectivity index (χ4v) is 2.99. The van der Waals surface area contributed by atoms with Gasteiger partial charge in [0.05, 0.1) is 17.9 Å². The van der Waals surface area contributed by atoms with Crippen LogP contribution in [0.5, 0.6) is 34.5 Å². The number of rotatable bonds is 2. The van der Waals surface area contributed by atoms with E-state index >= 15 is 0 Å². The Morgan fingerprint density at radius 2 is 0.952 bits per heavy atom. The molecular weight excluding hydrogens is 544 g/mol. The summed E-state index contributed by atoms with van der Waals surface area (Å²) < 4.78 is 6.75. The second-order valence-corrected chi connectivity index (χ2v) is 7.01. The van der Waals surface area contributed by atoms with E-state index in [9.17, 15) is 20.4 Å². The summed E-state index contributed by atoms with van der Waals surface area (Å²) in [5.41, 5.74) is 0. The van der Waals surface area contributed by atoms with Gasteiger partial charge < -0.3 is 25.2 Å². The number of hydrogen-bond acceptors (Lipinski definition) is 5. The second-order valence-electron chi connectivity index (χ2n) is 3.84. The van der Waals surface area contributed by atoms with Gasteiger partial charge in [-0.3, -0.25) is 0 Å². The largest absolute Gasteiger partial charge is 0.504 e. The van der Waals surface area contributed by atoms with Gasteiger partial charge in [0, 0.05) is 12.1 Å². The summed E-state index contributed by atoms with van der Waals surface area (Å²) in [6.07, 6.45) is 0. The number of halogens is 4. The Balaban J connectivity index is 2.54. The predicted molar refractivity (Wildman–Crippen MR) is 90.4 cm³/mol. The zero-order valence-corrected chi connectivity index (χ0v) is 16.2. The Labute approximate surface area is 152 Å². The van der Waals surface area contributed by atoms with Gasteiger partial charge in [-0.2, -0.15) is 0 Å². The molecule has 0 atom stereocenters. The molecule has 21 heavy (non-hydrogen) atoms. The Hall–Kier alpha value is -0.640. The minimum Gasteiger partial charge on any atom is -0.504 e. The second kappa shape index (κ2) is 6.23. The third-order valence-corrected chi connectivity index (χ3v) is 6.66. The van der Waals surface area contributed by atoms with Gasteiger partial charge in [0.2, 0.25) is 0 Å². The van der Waals surface area contributed by atoms with Gasteiger partial charge in [-0.1, -0.05) is 0 Å². The summed E-state index contributed by atoms with van der Waals surface area (Å²) in [6, 6.07) is 2.41. The van der Waals surface area contributed by atoms with Gasteiger partial charge in [0.15, 0.2) is 23.0 Å². The molecule has 0 amide bonds. The molecule has 0 saturated heterocycles. The predicted octanol–water partition coefficient (Wildman–Crippen LogP) is 5.35. The summed E-state index contributed by atoms with van der Waals surface area (Å²) in [5, 5.41) is 38.4. The summed E-state index contributed by atoms with van der Waals surface area (Å²) in [4.78, 5) is 0. The molecule has 0 spiro atoms. The Morgan fingerprint density at radius 3 is 1.29 bits per heavy atom. The number of phenolic OH excluding ortho intramolecular Hbond substituents is 4. The molecule has 0 bridgehead atoms. The van der Waals surface area contributed by atoms with Crippen molar-refractivity contribution in [2.45, 2.75) is 0 Å². The molecule has 0 aliphatic rings. The first-order valence-corrected chi connectivity index (χ1v) is 8.39. The smallest absolute Gasteiger partial charge is 0.173 e. The number of hydrogen-bond donors (Lipinski definition) is 4. The van der Waals surface area contributed by atoms with Crippen LogP contribution in [0.3, 0.4) is 0 Å².